The quantitative estimate of drug-likeness (QED) is 0.253. The minimum absolute atomic E-state index is 0. The van der Waals surface area contributed by atoms with Gasteiger partial charge in [-0.1, -0.05) is 24.6 Å². The first-order chi connectivity index (χ1) is 13.8. The Morgan fingerprint density at radius 2 is 1.93 bits per heavy atom. The summed E-state index contributed by atoms with van der Waals surface area (Å²) in [7, 11) is 1.84. The Labute approximate surface area is 193 Å². The van der Waals surface area contributed by atoms with Crippen LogP contribution in [0.15, 0.2) is 29.3 Å². The van der Waals surface area contributed by atoms with E-state index in [0.717, 1.165) is 57.8 Å². The first kappa shape index (κ1) is 24.2. The van der Waals surface area contributed by atoms with Crippen molar-refractivity contribution in [2.75, 3.05) is 57.9 Å². The van der Waals surface area contributed by atoms with E-state index in [0.29, 0.717) is 0 Å². The van der Waals surface area contributed by atoms with Crippen LogP contribution < -0.4 is 15.5 Å². The van der Waals surface area contributed by atoms with Crippen molar-refractivity contribution in [2.24, 2.45) is 4.99 Å². The maximum Gasteiger partial charge on any atom is 0.191 e. The molecule has 0 aromatic heterocycles. The Kier molecular flexibility index (Phi) is 11.1. The van der Waals surface area contributed by atoms with E-state index < -0.39 is 0 Å². The number of benzene rings is 1. The Morgan fingerprint density at radius 3 is 2.69 bits per heavy atom. The molecule has 2 saturated heterocycles. The van der Waals surface area contributed by atoms with Gasteiger partial charge in [-0.15, -0.1) is 24.0 Å². The topological polar surface area (TPSA) is 52.1 Å². The second kappa shape index (κ2) is 13.3. The highest BCUT2D eigenvalue weighted by Gasteiger charge is 2.17. The number of nitrogens with zero attached hydrogens (tertiary/aromatic N) is 3. The number of ether oxygens (including phenoxy) is 1. The van der Waals surface area contributed by atoms with Crippen LogP contribution >= 0.6 is 24.0 Å². The number of anilines is 1. The van der Waals surface area contributed by atoms with Gasteiger partial charge in [-0.3, -0.25) is 4.99 Å². The second-order valence-electron chi connectivity index (χ2n) is 7.82. The third kappa shape index (κ3) is 7.61. The maximum absolute atomic E-state index is 5.49. The van der Waals surface area contributed by atoms with Crippen LogP contribution in [0.1, 0.15) is 38.2 Å². The Hall–Kier alpha value is -1.06. The molecule has 0 amide bonds. The minimum Gasteiger partial charge on any atom is -0.378 e. The number of nitrogens with one attached hydrogen (secondary N) is 2. The summed E-state index contributed by atoms with van der Waals surface area (Å²) in [6, 6.07) is 9.36. The van der Waals surface area contributed by atoms with Gasteiger partial charge in [-0.25, -0.2) is 0 Å². The van der Waals surface area contributed by atoms with E-state index in [1.165, 1.54) is 43.6 Å². The van der Waals surface area contributed by atoms with Crippen LogP contribution in [0.3, 0.4) is 0 Å². The van der Waals surface area contributed by atoms with E-state index >= 15 is 0 Å². The summed E-state index contributed by atoms with van der Waals surface area (Å²) in [5.41, 5.74) is 2.60. The van der Waals surface area contributed by atoms with Gasteiger partial charge in [0.05, 0.1) is 13.2 Å². The molecule has 2 N–H and O–H groups in total. The largest absolute Gasteiger partial charge is 0.378 e. The van der Waals surface area contributed by atoms with E-state index in [1.807, 2.05) is 7.05 Å². The standard InChI is InChI=1S/C22H37N5O.HI/c1-19-8-5-6-12-26(19)13-7-11-24-22(23-2)25-18-20-9-3-4-10-21(20)27-14-16-28-17-15-27;/h3-4,9-10,19H,5-8,11-18H2,1-2H3,(H2,23,24,25);1H. The molecule has 164 valence electrons. The fourth-order valence-electron chi connectivity index (χ4n) is 4.15. The SMILES string of the molecule is CN=C(NCCCN1CCCCC1C)NCc1ccccc1N1CCOCC1.I. The highest BCUT2D eigenvalue weighted by molar-refractivity contribution is 14.0. The molecule has 0 saturated carbocycles. The van der Waals surface area contributed by atoms with Gasteiger partial charge < -0.3 is 25.2 Å². The summed E-state index contributed by atoms with van der Waals surface area (Å²) in [6.45, 7) is 10.0. The van der Waals surface area contributed by atoms with Crippen LogP contribution in [0.4, 0.5) is 5.69 Å². The first-order valence-corrected chi connectivity index (χ1v) is 10.9. The number of aliphatic imine (C=N–C) groups is 1. The molecule has 3 rings (SSSR count). The average molecular weight is 515 g/mol. The molecule has 0 radical (unpaired) electrons. The molecule has 7 heteroatoms. The first-order valence-electron chi connectivity index (χ1n) is 10.9. The van der Waals surface area contributed by atoms with Crippen LogP contribution in [0, 0.1) is 0 Å². The van der Waals surface area contributed by atoms with Crippen molar-refractivity contribution in [3.05, 3.63) is 29.8 Å². The van der Waals surface area contributed by atoms with Crippen molar-refractivity contribution in [1.82, 2.24) is 15.5 Å². The average Bonchev–Trinajstić information content (AvgIpc) is 2.75. The van der Waals surface area contributed by atoms with Gasteiger partial charge in [-0.2, -0.15) is 0 Å². The third-order valence-corrected chi connectivity index (χ3v) is 5.87. The van der Waals surface area contributed by atoms with E-state index in [2.05, 4.69) is 56.6 Å². The third-order valence-electron chi connectivity index (χ3n) is 5.87. The molecule has 1 aromatic carbocycles. The van der Waals surface area contributed by atoms with Crippen molar-refractivity contribution >= 4 is 35.6 Å². The van der Waals surface area contributed by atoms with Crippen LogP contribution in [-0.4, -0.2) is 69.9 Å². The molecule has 0 bridgehead atoms. The Morgan fingerprint density at radius 1 is 1.14 bits per heavy atom. The molecule has 2 fully saturated rings. The van der Waals surface area contributed by atoms with Crippen LogP contribution in [0.5, 0.6) is 0 Å². The monoisotopic (exact) mass is 515 g/mol. The van der Waals surface area contributed by atoms with E-state index in [4.69, 9.17) is 4.74 Å². The van der Waals surface area contributed by atoms with Crippen molar-refractivity contribution in [2.45, 2.75) is 45.2 Å². The molecule has 2 aliphatic heterocycles. The minimum atomic E-state index is 0. The summed E-state index contributed by atoms with van der Waals surface area (Å²) in [4.78, 5) is 9.43. The molecule has 6 nitrogen and oxygen atoms in total. The van der Waals surface area contributed by atoms with Gasteiger partial charge in [0.2, 0.25) is 0 Å². The zero-order chi connectivity index (χ0) is 19.6. The van der Waals surface area contributed by atoms with Gasteiger partial charge >= 0.3 is 0 Å². The number of rotatable bonds is 7. The van der Waals surface area contributed by atoms with Crippen molar-refractivity contribution in [3.8, 4) is 0 Å². The fraction of sp³-hybridized carbons (Fsp3) is 0.682. The van der Waals surface area contributed by atoms with E-state index in [-0.39, 0.29) is 24.0 Å². The molecular formula is C22H38IN5O. The van der Waals surface area contributed by atoms with Crippen molar-refractivity contribution < 1.29 is 4.74 Å². The number of piperidine rings is 1. The summed E-state index contributed by atoms with van der Waals surface area (Å²) < 4.78 is 5.49. The predicted molar refractivity (Wildman–Crippen MR) is 133 cm³/mol. The van der Waals surface area contributed by atoms with Gasteiger partial charge in [0.1, 0.15) is 0 Å². The molecule has 0 spiro atoms. The molecule has 2 aliphatic rings. The van der Waals surface area contributed by atoms with Gasteiger partial charge in [-0.05, 0) is 44.4 Å². The summed E-state index contributed by atoms with van der Waals surface area (Å²) in [5.74, 6) is 0.878. The van der Waals surface area contributed by atoms with E-state index in [9.17, 15) is 0 Å². The number of guanidine groups is 1. The lowest BCUT2D eigenvalue weighted by atomic mass is 10.0. The predicted octanol–water partition coefficient (Wildman–Crippen LogP) is 3.07. The van der Waals surface area contributed by atoms with Crippen LogP contribution in [0.2, 0.25) is 0 Å². The Bertz CT molecular complexity index is 621. The number of likely N-dealkylation sites (tertiary alicyclic amines) is 1. The van der Waals surface area contributed by atoms with Gasteiger partial charge in [0, 0.05) is 51.5 Å². The molecule has 29 heavy (non-hydrogen) atoms. The van der Waals surface area contributed by atoms with Crippen molar-refractivity contribution in [1.29, 1.82) is 0 Å². The Balaban J connectivity index is 0.00000300. The summed E-state index contributed by atoms with van der Waals surface area (Å²) >= 11 is 0. The lowest BCUT2D eigenvalue weighted by Gasteiger charge is -2.33. The molecular weight excluding hydrogens is 477 g/mol. The fourth-order valence-corrected chi connectivity index (χ4v) is 4.15. The zero-order valence-corrected chi connectivity index (χ0v) is 20.4. The molecule has 1 atom stereocenters. The highest BCUT2D eigenvalue weighted by Crippen LogP contribution is 2.21. The molecule has 2 heterocycles. The number of halogens is 1. The normalized spacial score (nSPS) is 20.8. The lowest BCUT2D eigenvalue weighted by Crippen LogP contribution is -2.41. The van der Waals surface area contributed by atoms with E-state index in [1.54, 1.807) is 0 Å². The molecule has 1 aromatic rings. The number of hydrogen-bond acceptors (Lipinski definition) is 4. The highest BCUT2D eigenvalue weighted by atomic mass is 127. The maximum atomic E-state index is 5.49. The van der Waals surface area contributed by atoms with Gasteiger partial charge in [0.25, 0.3) is 0 Å². The van der Waals surface area contributed by atoms with Crippen LogP contribution in [0.25, 0.3) is 0 Å². The van der Waals surface area contributed by atoms with Gasteiger partial charge in [0.15, 0.2) is 5.96 Å². The van der Waals surface area contributed by atoms with Crippen LogP contribution in [-0.2, 0) is 11.3 Å². The number of hydrogen-bond donors (Lipinski definition) is 2. The second-order valence-corrected chi connectivity index (χ2v) is 7.82. The number of para-hydroxylation sites is 1. The van der Waals surface area contributed by atoms with Crippen molar-refractivity contribution in [3.63, 3.8) is 0 Å². The summed E-state index contributed by atoms with van der Waals surface area (Å²) in [6.07, 6.45) is 5.23. The molecule has 1 unspecified atom stereocenters. The lowest BCUT2D eigenvalue weighted by molar-refractivity contribution is 0.122. The zero-order valence-electron chi connectivity index (χ0n) is 18.0. The smallest absolute Gasteiger partial charge is 0.191 e. The molecule has 0 aliphatic carbocycles. The number of morpholine rings is 1. The summed E-state index contributed by atoms with van der Waals surface area (Å²) in [5, 5.41) is 6.95.